The molecule has 0 saturated carbocycles. The van der Waals surface area contributed by atoms with Gasteiger partial charge in [0.05, 0.1) is 16.7 Å². The van der Waals surface area contributed by atoms with Crippen LogP contribution in [0.4, 0.5) is 17.1 Å². The van der Waals surface area contributed by atoms with Crippen LogP contribution >= 0.6 is 0 Å². The third kappa shape index (κ3) is 6.80. The largest absolute Gasteiger partial charge is 0.310 e. The van der Waals surface area contributed by atoms with E-state index in [4.69, 9.17) is 0 Å². The minimum Gasteiger partial charge on any atom is -0.310 e. The van der Waals surface area contributed by atoms with Gasteiger partial charge in [-0.05, 0) is 143 Å². The molecule has 0 radical (unpaired) electrons. The number of rotatable bonds is 8. The fraction of sp³-hybridized carbons (Fsp3) is 0. The first-order valence-electron chi connectivity index (χ1n) is 24.8. The maximum atomic E-state index is 2.45. The molecule has 0 aliphatic rings. The predicted octanol–water partition coefficient (Wildman–Crippen LogP) is 19.5. The average molecular weight is 915 g/mol. The Morgan fingerprint density at radius 3 is 1.58 bits per heavy atom. The van der Waals surface area contributed by atoms with Crippen molar-refractivity contribution in [2.45, 2.75) is 0 Å². The lowest BCUT2D eigenvalue weighted by molar-refractivity contribution is 1.18. The van der Waals surface area contributed by atoms with Crippen LogP contribution < -0.4 is 4.90 Å². The van der Waals surface area contributed by atoms with E-state index in [9.17, 15) is 0 Å². The SMILES string of the molecule is c1ccc(-c2c(-c3ccccc3)c3cc(-c4ccc(N(c5cccc(-c6cccc7c6c6ccccc6n7-c6ccccc6)c5)c5cccc6c5ccc5ccccc56)cc4)ccc3c3ccccc23)cc1. The number of hydrogen-bond acceptors (Lipinski definition) is 1. The minimum atomic E-state index is 1.08. The molecule has 72 heavy (non-hydrogen) atoms. The molecule has 0 saturated heterocycles. The molecule has 2 heteroatoms. The zero-order chi connectivity index (χ0) is 47.5. The van der Waals surface area contributed by atoms with E-state index in [1.807, 2.05) is 0 Å². The van der Waals surface area contributed by atoms with Gasteiger partial charge in [-0.1, -0.05) is 218 Å². The quantitative estimate of drug-likeness (QED) is 0.138. The normalized spacial score (nSPS) is 11.6. The summed E-state index contributed by atoms with van der Waals surface area (Å²) in [6.45, 7) is 0. The highest BCUT2D eigenvalue weighted by molar-refractivity contribution is 6.22. The molecule has 14 rings (SSSR count). The lowest BCUT2D eigenvalue weighted by Gasteiger charge is -2.28. The maximum Gasteiger partial charge on any atom is 0.0547 e. The number of benzene rings is 13. The van der Waals surface area contributed by atoms with Gasteiger partial charge < -0.3 is 9.47 Å². The van der Waals surface area contributed by atoms with Crippen LogP contribution in [0.25, 0.3) is 115 Å². The Balaban J connectivity index is 0.949. The van der Waals surface area contributed by atoms with E-state index in [0.29, 0.717) is 0 Å². The highest BCUT2D eigenvalue weighted by Crippen LogP contribution is 2.47. The van der Waals surface area contributed by atoms with Gasteiger partial charge in [0.15, 0.2) is 0 Å². The van der Waals surface area contributed by atoms with Crippen LogP contribution in [-0.4, -0.2) is 4.57 Å². The Labute approximate surface area is 418 Å². The number of aromatic nitrogens is 1. The first-order valence-corrected chi connectivity index (χ1v) is 24.8. The third-order valence-electron chi connectivity index (χ3n) is 14.7. The minimum absolute atomic E-state index is 1.08. The van der Waals surface area contributed by atoms with E-state index in [1.54, 1.807) is 0 Å². The molecule has 0 unspecified atom stereocenters. The van der Waals surface area contributed by atoms with Crippen LogP contribution in [0.3, 0.4) is 0 Å². The standard InChI is InChI=1S/C70H46N2/c1-4-20-49(21-5-1)68-62-30-13-12-29-59(62)60-43-40-51(46-64(60)69(68)50-22-6-2-7-23-50)47-37-41-54(42-38-47)71(65-35-18-33-58-56-28-11-10-19-48(56)39-44-61(58)65)55-27-16-24-52(45-55)57-32-17-36-67-70(57)63-31-14-15-34-66(63)72(67)53-25-8-3-9-26-53/h1-46H. The van der Waals surface area contributed by atoms with E-state index in [0.717, 1.165) is 33.9 Å². The highest BCUT2D eigenvalue weighted by Gasteiger charge is 2.22. The van der Waals surface area contributed by atoms with Crippen molar-refractivity contribution in [2.75, 3.05) is 4.90 Å². The van der Waals surface area contributed by atoms with Crippen molar-refractivity contribution in [3.8, 4) is 50.2 Å². The van der Waals surface area contributed by atoms with Gasteiger partial charge in [0, 0.05) is 33.2 Å². The molecule has 0 N–H and O–H groups in total. The first-order chi connectivity index (χ1) is 35.7. The number of fused-ring (bicyclic) bond motifs is 9. The lowest BCUT2D eigenvalue weighted by atomic mass is 9.84. The Morgan fingerprint density at radius 1 is 0.264 bits per heavy atom. The predicted molar refractivity (Wildman–Crippen MR) is 307 cm³/mol. The van der Waals surface area contributed by atoms with Crippen molar-refractivity contribution in [2.24, 2.45) is 0 Å². The summed E-state index contributed by atoms with van der Waals surface area (Å²) in [5.41, 5.74) is 16.5. The summed E-state index contributed by atoms with van der Waals surface area (Å²) in [6.07, 6.45) is 0. The van der Waals surface area contributed by atoms with E-state index < -0.39 is 0 Å². The summed E-state index contributed by atoms with van der Waals surface area (Å²) in [5.74, 6) is 0. The monoisotopic (exact) mass is 914 g/mol. The van der Waals surface area contributed by atoms with E-state index in [2.05, 4.69) is 289 Å². The molecule has 0 aliphatic heterocycles. The summed E-state index contributed by atoms with van der Waals surface area (Å²) < 4.78 is 2.40. The maximum absolute atomic E-state index is 2.45. The molecule has 0 spiro atoms. The Hall–Kier alpha value is -9.50. The van der Waals surface area contributed by atoms with Gasteiger partial charge in [-0.3, -0.25) is 0 Å². The van der Waals surface area contributed by atoms with Crippen LogP contribution in [0, 0.1) is 0 Å². The number of para-hydroxylation sites is 2. The highest BCUT2D eigenvalue weighted by atomic mass is 15.1. The van der Waals surface area contributed by atoms with Gasteiger partial charge in [0.25, 0.3) is 0 Å². The van der Waals surface area contributed by atoms with Crippen molar-refractivity contribution >= 4 is 82.0 Å². The molecule has 0 bridgehead atoms. The second-order valence-corrected chi connectivity index (χ2v) is 18.8. The molecule has 0 aliphatic carbocycles. The Kier molecular flexibility index (Phi) is 9.89. The summed E-state index contributed by atoms with van der Waals surface area (Å²) in [4.78, 5) is 2.45. The van der Waals surface area contributed by atoms with E-state index >= 15 is 0 Å². The average Bonchev–Trinajstić information content (AvgIpc) is 3.80. The summed E-state index contributed by atoms with van der Waals surface area (Å²) in [7, 11) is 0. The lowest BCUT2D eigenvalue weighted by Crippen LogP contribution is -2.10. The van der Waals surface area contributed by atoms with Crippen molar-refractivity contribution in [1.82, 2.24) is 4.57 Å². The van der Waals surface area contributed by atoms with Gasteiger partial charge >= 0.3 is 0 Å². The van der Waals surface area contributed by atoms with Gasteiger partial charge in [-0.15, -0.1) is 0 Å². The number of nitrogens with zero attached hydrogens (tertiary/aromatic N) is 2. The summed E-state index contributed by atoms with van der Waals surface area (Å²) in [5, 5.41) is 12.4. The zero-order valence-electron chi connectivity index (χ0n) is 39.5. The van der Waals surface area contributed by atoms with Crippen molar-refractivity contribution in [1.29, 1.82) is 0 Å². The van der Waals surface area contributed by atoms with Gasteiger partial charge in [-0.25, -0.2) is 0 Å². The molecule has 336 valence electrons. The fourth-order valence-corrected chi connectivity index (χ4v) is 11.6. The molecule has 0 fully saturated rings. The smallest absolute Gasteiger partial charge is 0.0547 e. The van der Waals surface area contributed by atoms with Crippen LogP contribution in [-0.2, 0) is 0 Å². The topological polar surface area (TPSA) is 8.17 Å². The van der Waals surface area contributed by atoms with E-state index in [1.165, 1.54) is 98.3 Å². The van der Waals surface area contributed by atoms with Gasteiger partial charge in [0.1, 0.15) is 0 Å². The summed E-state index contributed by atoms with van der Waals surface area (Å²) >= 11 is 0. The molecule has 14 aromatic rings. The molecular weight excluding hydrogens is 869 g/mol. The third-order valence-corrected chi connectivity index (χ3v) is 14.7. The molecule has 0 atom stereocenters. The second kappa shape index (κ2) is 17.2. The Bertz CT molecular complexity index is 4360. The first kappa shape index (κ1) is 41.5. The summed E-state index contributed by atoms with van der Waals surface area (Å²) in [6, 6.07) is 102. The van der Waals surface area contributed by atoms with Crippen LogP contribution in [0.2, 0.25) is 0 Å². The Morgan fingerprint density at radius 2 is 0.806 bits per heavy atom. The fourth-order valence-electron chi connectivity index (χ4n) is 11.6. The molecule has 2 nitrogen and oxygen atoms in total. The molecular formula is C70H46N2. The van der Waals surface area contributed by atoms with E-state index in [-0.39, 0.29) is 0 Å². The second-order valence-electron chi connectivity index (χ2n) is 18.8. The van der Waals surface area contributed by atoms with Crippen molar-refractivity contribution in [3.63, 3.8) is 0 Å². The van der Waals surface area contributed by atoms with Crippen molar-refractivity contribution < 1.29 is 0 Å². The van der Waals surface area contributed by atoms with Crippen molar-refractivity contribution in [3.05, 3.63) is 279 Å². The number of anilines is 3. The van der Waals surface area contributed by atoms with Crippen LogP contribution in [0.15, 0.2) is 279 Å². The molecule has 1 heterocycles. The molecule has 13 aromatic carbocycles. The van der Waals surface area contributed by atoms with Gasteiger partial charge in [0.2, 0.25) is 0 Å². The molecule has 1 aromatic heterocycles. The van der Waals surface area contributed by atoms with Gasteiger partial charge in [-0.2, -0.15) is 0 Å². The number of hydrogen-bond donors (Lipinski definition) is 0. The van der Waals surface area contributed by atoms with Crippen LogP contribution in [0.5, 0.6) is 0 Å². The molecule has 0 amide bonds. The van der Waals surface area contributed by atoms with Crippen LogP contribution in [0.1, 0.15) is 0 Å². The zero-order valence-corrected chi connectivity index (χ0v) is 39.5.